The van der Waals surface area contributed by atoms with E-state index in [9.17, 15) is 9.90 Å². The van der Waals surface area contributed by atoms with Crippen LogP contribution in [0.5, 0.6) is 0 Å². The summed E-state index contributed by atoms with van der Waals surface area (Å²) < 4.78 is 2.04. The van der Waals surface area contributed by atoms with Gasteiger partial charge in [0.05, 0.1) is 5.97 Å². The summed E-state index contributed by atoms with van der Waals surface area (Å²) in [7, 11) is 0. The molecule has 0 fully saturated rings. The number of aryl methyl sites for hydroxylation is 3. The summed E-state index contributed by atoms with van der Waals surface area (Å²) in [5.41, 5.74) is 4.31. The SMILES string of the molecule is Cc1ccc(C(=O)[O-])cc1-n1c(C)ccc1C. The van der Waals surface area contributed by atoms with Crippen molar-refractivity contribution in [2.24, 2.45) is 0 Å². The van der Waals surface area contributed by atoms with E-state index in [4.69, 9.17) is 0 Å². The first-order valence-electron chi connectivity index (χ1n) is 5.48. The van der Waals surface area contributed by atoms with Gasteiger partial charge in [-0.1, -0.05) is 12.1 Å². The van der Waals surface area contributed by atoms with Gasteiger partial charge in [-0.05, 0) is 50.1 Å². The average molecular weight is 228 g/mol. The largest absolute Gasteiger partial charge is 0.545 e. The van der Waals surface area contributed by atoms with Crippen molar-refractivity contribution in [3.63, 3.8) is 0 Å². The second-order valence-electron chi connectivity index (χ2n) is 4.24. The number of aromatic nitrogens is 1. The number of hydrogen-bond acceptors (Lipinski definition) is 2. The molecule has 0 unspecified atom stereocenters. The Balaban J connectivity index is 2.66. The smallest absolute Gasteiger partial charge is 0.0716 e. The predicted molar refractivity (Wildman–Crippen MR) is 64.3 cm³/mol. The third-order valence-corrected chi connectivity index (χ3v) is 2.96. The summed E-state index contributed by atoms with van der Waals surface area (Å²) in [6.45, 7) is 5.96. The zero-order valence-corrected chi connectivity index (χ0v) is 10.2. The summed E-state index contributed by atoms with van der Waals surface area (Å²) in [5, 5.41) is 10.9. The number of hydrogen-bond donors (Lipinski definition) is 0. The molecule has 3 heteroatoms. The van der Waals surface area contributed by atoms with Crippen LogP contribution in [0.1, 0.15) is 27.3 Å². The topological polar surface area (TPSA) is 45.1 Å². The van der Waals surface area contributed by atoms with Crippen LogP contribution < -0.4 is 5.11 Å². The minimum atomic E-state index is -1.14. The van der Waals surface area contributed by atoms with Gasteiger partial charge in [-0.25, -0.2) is 0 Å². The molecule has 0 aliphatic carbocycles. The van der Waals surface area contributed by atoms with Crippen molar-refractivity contribution in [1.82, 2.24) is 4.57 Å². The summed E-state index contributed by atoms with van der Waals surface area (Å²) in [6.07, 6.45) is 0. The van der Waals surface area contributed by atoms with Gasteiger partial charge in [-0.15, -0.1) is 0 Å². The van der Waals surface area contributed by atoms with Crippen molar-refractivity contribution in [3.05, 3.63) is 52.8 Å². The molecule has 0 radical (unpaired) electrons. The van der Waals surface area contributed by atoms with E-state index in [0.717, 1.165) is 22.6 Å². The summed E-state index contributed by atoms with van der Waals surface area (Å²) in [5.74, 6) is -1.14. The lowest BCUT2D eigenvalue weighted by Gasteiger charge is -2.14. The van der Waals surface area contributed by atoms with E-state index in [2.05, 4.69) is 0 Å². The van der Waals surface area contributed by atoms with Crippen LogP contribution in [0.15, 0.2) is 30.3 Å². The van der Waals surface area contributed by atoms with Gasteiger partial charge in [0, 0.05) is 17.1 Å². The molecule has 0 bridgehead atoms. The van der Waals surface area contributed by atoms with Crippen LogP contribution >= 0.6 is 0 Å². The molecule has 3 nitrogen and oxygen atoms in total. The number of carbonyl (C=O) groups excluding carboxylic acids is 1. The third kappa shape index (κ3) is 1.96. The number of carboxylic acid groups (broad SMARTS) is 1. The van der Waals surface area contributed by atoms with Crippen molar-refractivity contribution >= 4 is 5.97 Å². The summed E-state index contributed by atoms with van der Waals surface area (Å²) in [4.78, 5) is 10.9. The van der Waals surface area contributed by atoms with Crippen molar-refractivity contribution in [2.45, 2.75) is 20.8 Å². The molecular formula is C14H14NO2-. The molecule has 0 saturated carbocycles. The van der Waals surface area contributed by atoms with Crippen LogP contribution in [-0.4, -0.2) is 10.5 Å². The molecule has 1 heterocycles. The molecule has 0 atom stereocenters. The zero-order chi connectivity index (χ0) is 12.6. The first kappa shape index (κ1) is 11.5. The molecule has 88 valence electrons. The number of carboxylic acids is 1. The maximum atomic E-state index is 10.9. The van der Waals surface area contributed by atoms with Gasteiger partial charge >= 0.3 is 0 Å². The summed E-state index contributed by atoms with van der Waals surface area (Å²) >= 11 is 0. The molecule has 1 aromatic carbocycles. The van der Waals surface area contributed by atoms with Gasteiger partial charge in [0.1, 0.15) is 0 Å². The minimum absolute atomic E-state index is 0.207. The molecule has 0 N–H and O–H groups in total. The van der Waals surface area contributed by atoms with E-state index in [1.165, 1.54) is 0 Å². The number of nitrogens with zero attached hydrogens (tertiary/aromatic N) is 1. The number of aromatic carboxylic acids is 1. The lowest BCUT2D eigenvalue weighted by atomic mass is 10.1. The van der Waals surface area contributed by atoms with Gasteiger partial charge in [0.15, 0.2) is 0 Å². The Morgan fingerprint density at radius 1 is 1.06 bits per heavy atom. The molecule has 0 aliphatic heterocycles. The Bertz CT molecular complexity index is 562. The van der Waals surface area contributed by atoms with Gasteiger partial charge in [-0.3, -0.25) is 0 Å². The molecule has 0 aliphatic rings. The van der Waals surface area contributed by atoms with Crippen molar-refractivity contribution in [1.29, 1.82) is 0 Å². The van der Waals surface area contributed by atoms with Gasteiger partial charge in [-0.2, -0.15) is 0 Å². The predicted octanol–water partition coefficient (Wildman–Crippen LogP) is 1.77. The minimum Gasteiger partial charge on any atom is -0.545 e. The highest BCUT2D eigenvalue weighted by Crippen LogP contribution is 2.21. The lowest BCUT2D eigenvalue weighted by molar-refractivity contribution is -0.255. The fraction of sp³-hybridized carbons (Fsp3) is 0.214. The van der Waals surface area contributed by atoms with E-state index >= 15 is 0 Å². The standard InChI is InChI=1S/C14H15NO2/c1-9-4-7-12(14(16)17)8-13(9)15-10(2)5-6-11(15)3/h4-8H,1-3H3,(H,16,17)/p-1. The monoisotopic (exact) mass is 228 g/mol. The number of rotatable bonds is 2. The zero-order valence-electron chi connectivity index (χ0n) is 10.2. The van der Waals surface area contributed by atoms with Crippen LogP contribution in [0.3, 0.4) is 0 Å². The van der Waals surface area contributed by atoms with E-state index in [1.807, 2.05) is 37.5 Å². The second kappa shape index (κ2) is 4.09. The quantitative estimate of drug-likeness (QED) is 0.786. The number of carbonyl (C=O) groups is 1. The lowest BCUT2D eigenvalue weighted by Crippen LogP contribution is -2.22. The third-order valence-electron chi connectivity index (χ3n) is 2.96. The molecule has 0 spiro atoms. The van der Waals surface area contributed by atoms with Gasteiger partial charge in [0.25, 0.3) is 0 Å². The first-order chi connectivity index (χ1) is 8.00. The van der Waals surface area contributed by atoms with Crippen LogP contribution in [0.25, 0.3) is 5.69 Å². The molecule has 2 aromatic rings. The first-order valence-corrected chi connectivity index (χ1v) is 5.48. The average Bonchev–Trinajstić information content (AvgIpc) is 2.59. The molecule has 2 rings (SSSR count). The fourth-order valence-corrected chi connectivity index (χ4v) is 2.03. The molecule has 17 heavy (non-hydrogen) atoms. The maximum Gasteiger partial charge on any atom is 0.0716 e. The van der Waals surface area contributed by atoms with Crippen molar-refractivity contribution in [2.75, 3.05) is 0 Å². The highest BCUT2D eigenvalue weighted by atomic mass is 16.4. The Labute approximate surface area is 100 Å². The highest BCUT2D eigenvalue weighted by Gasteiger charge is 2.07. The van der Waals surface area contributed by atoms with Gasteiger partial charge in [0.2, 0.25) is 0 Å². The van der Waals surface area contributed by atoms with Crippen LogP contribution in [-0.2, 0) is 0 Å². The van der Waals surface area contributed by atoms with E-state index < -0.39 is 5.97 Å². The maximum absolute atomic E-state index is 10.9. The van der Waals surface area contributed by atoms with E-state index in [0.29, 0.717) is 0 Å². The Morgan fingerprint density at radius 2 is 1.65 bits per heavy atom. The fourth-order valence-electron chi connectivity index (χ4n) is 2.03. The van der Waals surface area contributed by atoms with Crippen molar-refractivity contribution in [3.8, 4) is 5.69 Å². The normalized spacial score (nSPS) is 10.5. The molecule has 1 aromatic heterocycles. The molecular weight excluding hydrogens is 214 g/mol. The highest BCUT2D eigenvalue weighted by molar-refractivity contribution is 5.86. The Kier molecular flexibility index (Phi) is 2.76. The van der Waals surface area contributed by atoms with E-state index in [1.54, 1.807) is 18.2 Å². The molecule has 0 saturated heterocycles. The Hall–Kier alpha value is -2.03. The molecule has 0 amide bonds. The second-order valence-corrected chi connectivity index (χ2v) is 4.24. The van der Waals surface area contributed by atoms with Crippen LogP contribution in [0.2, 0.25) is 0 Å². The van der Waals surface area contributed by atoms with Crippen LogP contribution in [0.4, 0.5) is 0 Å². The van der Waals surface area contributed by atoms with Crippen LogP contribution in [0, 0.1) is 20.8 Å². The summed E-state index contributed by atoms with van der Waals surface area (Å²) in [6, 6.07) is 9.06. The van der Waals surface area contributed by atoms with E-state index in [-0.39, 0.29) is 5.56 Å². The Morgan fingerprint density at radius 3 is 2.18 bits per heavy atom. The number of benzene rings is 1. The van der Waals surface area contributed by atoms with Crippen molar-refractivity contribution < 1.29 is 9.90 Å². The van der Waals surface area contributed by atoms with Gasteiger partial charge < -0.3 is 14.5 Å².